The van der Waals surface area contributed by atoms with Gasteiger partial charge in [-0.25, -0.2) is 0 Å². The average Bonchev–Trinajstić information content (AvgIpc) is 2.45. The molecule has 4 heteroatoms. The Morgan fingerprint density at radius 2 is 1.67 bits per heavy atom. The smallest absolute Gasteiger partial charge is 0.398 e. The first kappa shape index (κ1) is 15.4. The van der Waals surface area contributed by atoms with Crippen molar-refractivity contribution in [3.05, 3.63) is 53.6 Å². The number of benzene rings is 2. The Morgan fingerprint density at radius 1 is 1.05 bits per heavy atom. The highest BCUT2D eigenvalue weighted by Gasteiger charge is 2.30. The number of nitrogen functional groups attached to an aromatic ring is 1. The molecule has 0 saturated heterocycles. The summed E-state index contributed by atoms with van der Waals surface area (Å²) in [4.78, 5) is 0. The zero-order chi connectivity index (χ0) is 15.6. The van der Waals surface area contributed by atoms with E-state index in [4.69, 9.17) is 5.73 Å². The van der Waals surface area contributed by atoms with Crippen LogP contribution >= 0.6 is 0 Å². The Kier molecular flexibility index (Phi) is 4.26. The van der Waals surface area contributed by atoms with Crippen molar-refractivity contribution in [3.63, 3.8) is 0 Å². The van der Waals surface area contributed by atoms with Gasteiger partial charge in [0.05, 0.1) is 5.56 Å². The second-order valence-corrected chi connectivity index (χ2v) is 5.23. The van der Waals surface area contributed by atoms with Gasteiger partial charge >= 0.3 is 6.18 Å². The molecule has 0 aliphatic rings. The van der Waals surface area contributed by atoms with Crippen molar-refractivity contribution in [1.82, 2.24) is 0 Å². The maximum absolute atomic E-state index is 12.6. The topological polar surface area (TPSA) is 26.0 Å². The van der Waals surface area contributed by atoms with Crippen LogP contribution < -0.4 is 5.73 Å². The summed E-state index contributed by atoms with van der Waals surface area (Å²) in [6.45, 7) is 4.26. The number of hydrogen-bond acceptors (Lipinski definition) is 1. The summed E-state index contributed by atoms with van der Waals surface area (Å²) < 4.78 is 37.9. The average molecular weight is 293 g/mol. The minimum Gasteiger partial charge on any atom is -0.398 e. The molecule has 0 aromatic heterocycles. The van der Waals surface area contributed by atoms with E-state index in [0.29, 0.717) is 11.5 Å². The molecule has 112 valence electrons. The fourth-order valence-corrected chi connectivity index (χ4v) is 2.23. The number of hydrogen-bond donors (Lipinski definition) is 1. The second kappa shape index (κ2) is 5.80. The van der Waals surface area contributed by atoms with E-state index in [2.05, 4.69) is 13.8 Å². The fourth-order valence-electron chi connectivity index (χ4n) is 2.23. The van der Waals surface area contributed by atoms with E-state index in [0.717, 1.165) is 24.1 Å². The van der Waals surface area contributed by atoms with Crippen molar-refractivity contribution in [2.75, 3.05) is 5.73 Å². The van der Waals surface area contributed by atoms with E-state index in [-0.39, 0.29) is 5.69 Å². The molecule has 0 heterocycles. The molecule has 0 amide bonds. The molecule has 0 bridgehead atoms. The number of halogens is 3. The van der Waals surface area contributed by atoms with Gasteiger partial charge < -0.3 is 5.73 Å². The normalized spacial score (nSPS) is 13.2. The van der Waals surface area contributed by atoms with Crippen LogP contribution in [0.4, 0.5) is 18.9 Å². The lowest BCUT2D eigenvalue weighted by Crippen LogP contribution is -2.06. The summed E-state index contributed by atoms with van der Waals surface area (Å²) in [5.74, 6) is 0.462. The Morgan fingerprint density at radius 3 is 2.14 bits per heavy atom. The molecule has 2 N–H and O–H groups in total. The van der Waals surface area contributed by atoms with Crippen LogP contribution in [-0.2, 0) is 6.18 Å². The Bertz CT molecular complexity index is 615. The van der Waals surface area contributed by atoms with Crippen LogP contribution in [0.25, 0.3) is 11.1 Å². The highest BCUT2D eigenvalue weighted by atomic mass is 19.4. The zero-order valence-electron chi connectivity index (χ0n) is 12.0. The first-order valence-corrected chi connectivity index (χ1v) is 6.90. The van der Waals surface area contributed by atoms with Gasteiger partial charge in [0.15, 0.2) is 0 Å². The van der Waals surface area contributed by atoms with Gasteiger partial charge in [0.1, 0.15) is 0 Å². The molecule has 0 spiro atoms. The fraction of sp³-hybridized carbons (Fsp3) is 0.294. The molecule has 2 aromatic rings. The van der Waals surface area contributed by atoms with E-state index >= 15 is 0 Å². The number of nitrogens with two attached hydrogens (primary N) is 1. The summed E-state index contributed by atoms with van der Waals surface area (Å²) in [5.41, 5.74) is 7.86. The van der Waals surface area contributed by atoms with E-state index in [1.807, 2.05) is 24.3 Å². The minimum atomic E-state index is -4.37. The van der Waals surface area contributed by atoms with Crippen molar-refractivity contribution in [2.24, 2.45) is 0 Å². The zero-order valence-corrected chi connectivity index (χ0v) is 12.0. The number of rotatable bonds is 3. The lowest BCUT2D eigenvalue weighted by molar-refractivity contribution is -0.137. The van der Waals surface area contributed by atoms with E-state index in [1.54, 1.807) is 0 Å². The van der Waals surface area contributed by atoms with Crippen LogP contribution in [0.5, 0.6) is 0 Å². The standard InChI is InChI=1S/C17H18F3N/c1-3-11(2)12-4-6-13(7-5-12)15-9-8-14(10-16(15)21)17(18,19)20/h4-11H,3,21H2,1-2H3. The highest BCUT2D eigenvalue weighted by Crippen LogP contribution is 2.35. The number of anilines is 1. The van der Waals surface area contributed by atoms with Crippen LogP contribution in [0.15, 0.2) is 42.5 Å². The molecule has 0 aliphatic carbocycles. The van der Waals surface area contributed by atoms with Crippen molar-refractivity contribution in [1.29, 1.82) is 0 Å². The highest BCUT2D eigenvalue weighted by molar-refractivity contribution is 5.77. The summed E-state index contributed by atoms with van der Waals surface area (Å²) in [6.07, 6.45) is -3.32. The second-order valence-electron chi connectivity index (χ2n) is 5.23. The van der Waals surface area contributed by atoms with Crippen molar-refractivity contribution >= 4 is 5.69 Å². The third-order valence-electron chi connectivity index (χ3n) is 3.78. The van der Waals surface area contributed by atoms with Crippen LogP contribution in [0, 0.1) is 0 Å². The van der Waals surface area contributed by atoms with Crippen LogP contribution in [0.3, 0.4) is 0 Å². The van der Waals surface area contributed by atoms with Crippen molar-refractivity contribution < 1.29 is 13.2 Å². The van der Waals surface area contributed by atoms with Gasteiger partial charge in [-0.15, -0.1) is 0 Å². The number of alkyl halides is 3. The first-order valence-electron chi connectivity index (χ1n) is 6.90. The van der Waals surface area contributed by atoms with E-state index < -0.39 is 11.7 Å². The van der Waals surface area contributed by atoms with Gasteiger partial charge in [-0.05, 0) is 35.6 Å². The third kappa shape index (κ3) is 3.38. The molecule has 2 rings (SSSR count). The van der Waals surface area contributed by atoms with Gasteiger partial charge in [0.2, 0.25) is 0 Å². The monoisotopic (exact) mass is 293 g/mol. The molecule has 1 unspecified atom stereocenters. The summed E-state index contributed by atoms with van der Waals surface area (Å²) in [5, 5.41) is 0. The van der Waals surface area contributed by atoms with Gasteiger partial charge in [0, 0.05) is 11.3 Å². The third-order valence-corrected chi connectivity index (χ3v) is 3.78. The molecule has 21 heavy (non-hydrogen) atoms. The molecule has 0 fully saturated rings. The molecule has 0 radical (unpaired) electrons. The van der Waals surface area contributed by atoms with Crippen LogP contribution in [0.1, 0.15) is 37.3 Å². The first-order chi connectivity index (χ1) is 9.82. The predicted molar refractivity (Wildman–Crippen MR) is 80.0 cm³/mol. The summed E-state index contributed by atoms with van der Waals surface area (Å²) in [6, 6.07) is 11.3. The van der Waals surface area contributed by atoms with Gasteiger partial charge in [-0.1, -0.05) is 44.2 Å². The van der Waals surface area contributed by atoms with Gasteiger partial charge in [0.25, 0.3) is 0 Å². The molecule has 0 saturated carbocycles. The quantitative estimate of drug-likeness (QED) is 0.746. The molecule has 1 atom stereocenters. The maximum atomic E-state index is 12.6. The molecule has 1 nitrogen and oxygen atoms in total. The van der Waals surface area contributed by atoms with Crippen LogP contribution in [0.2, 0.25) is 0 Å². The lowest BCUT2D eigenvalue weighted by atomic mass is 9.95. The molecular weight excluding hydrogens is 275 g/mol. The van der Waals surface area contributed by atoms with Crippen molar-refractivity contribution in [2.45, 2.75) is 32.4 Å². The Balaban J connectivity index is 2.34. The van der Waals surface area contributed by atoms with Crippen LogP contribution in [-0.4, -0.2) is 0 Å². The summed E-state index contributed by atoms with van der Waals surface area (Å²) in [7, 11) is 0. The predicted octanol–water partition coefficient (Wildman–Crippen LogP) is 5.47. The SMILES string of the molecule is CCC(C)c1ccc(-c2ccc(C(F)(F)F)cc2N)cc1. The molecular formula is C17H18F3N. The Hall–Kier alpha value is -1.97. The van der Waals surface area contributed by atoms with E-state index in [1.165, 1.54) is 11.6 Å². The lowest BCUT2D eigenvalue weighted by Gasteiger charge is -2.13. The van der Waals surface area contributed by atoms with Gasteiger partial charge in [-0.2, -0.15) is 13.2 Å². The Labute approximate surface area is 122 Å². The largest absolute Gasteiger partial charge is 0.416 e. The molecule has 2 aromatic carbocycles. The van der Waals surface area contributed by atoms with E-state index in [9.17, 15) is 13.2 Å². The minimum absolute atomic E-state index is 0.140. The maximum Gasteiger partial charge on any atom is 0.416 e. The van der Waals surface area contributed by atoms with Gasteiger partial charge in [-0.3, -0.25) is 0 Å². The molecule has 0 aliphatic heterocycles. The summed E-state index contributed by atoms with van der Waals surface area (Å²) >= 11 is 0. The van der Waals surface area contributed by atoms with Crippen molar-refractivity contribution in [3.8, 4) is 11.1 Å².